The van der Waals surface area contributed by atoms with E-state index < -0.39 is 0 Å². The van der Waals surface area contributed by atoms with Crippen molar-refractivity contribution in [3.63, 3.8) is 0 Å². The summed E-state index contributed by atoms with van der Waals surface area (Å²) >= 11 is 0. The SMILES string of the molecule is CCC(C)NC(=O)C/C(C)=N\NC(=O)c1ccccc1C. The van der Waals surface area contributed by atoms with Gasteiger partial charge >= 0.3 is 0 Å². The van der Waals surface area contributed by atoms with Gasteiger partial charge in [-0.25, -0.2) is 5.43 Å². The third kappa shape index (κ3) is 5.77. The fourth-order valence-corrected chi connectivity index (χ4v) is 1.73. The Morgan fingerprint density at radius 1 is 1.29 bits per heavy atom. The number of hydrazone groups is 1. The van der Waals surface area contributed by atoms with Crippen LogP contribution in [0, 0.1) is 6.92 Å². The highest BCUT2D eigenvalue weighted by Gasteiger charge is 2.09. The Kier molecular flexibility index (Phi) is 6.59. The predicted octanol–water partition coefficient (Wildman–Crippen LogP) is 2.41. The van der Waals surface area contributed by atoms with Gasteiger partial charge in [0.1, 0.15) is 0 Å². The third-order valence-electron chi connectivity index (χ3n) is 3.17. The maximum absolute atomic E-state index is 12.0. The zero-order chi connectivity index (χ0) is 15.8. The van der Waals surface area contributed by atoms with Crippen LogP contribution in [0.4, 0.5) is 0 Å². The normalized spacial score (nSPS) is 12.7. The summed E-state index contributed by atoms with van der Waals surface area (Å²) in [6.07, 6.45) is 1.06. The molecule has 0 aliphatic carbocycles. The number of nitrogens with one attached hydrogen (secondary N) is 2. The average molecular weight is 289 g/mol. The van der Waals surface area contributed by atoms with E-state index in [9.17, 15) is 9.59 Å². The Bertz CT molecular complexity index is 538. The van der Waals surface area contributed by atoms with E-state index in [0.717, 1.165) is 12.0 Å². The number of carbonyl (C=O) groups excluding carboxylic acids is 2. The lowest BCUT2D eigenvalue weighted by molar-refractivity contribution is -0.120. The minimum absolute atomic E-state index is 0.0873. The molecule has 0 fully saturated rings. The molecule has 1 aromatic rings. The molecule has 0 saturated carbocycles. The molecule has 1 aromatic carbocycles. The molecular weight excluding hydrogens is 266 g/mol. The number of carbonyl (C=O) groups is 2. The van der Waals surface area contributed by atoms with Crippen molar-refractivity contribution in [2.24, 2.45) is 5.10 Å². The lowest BCUT2D eigenvalue weighted by atomic mass is 10.1. The molecule has 0 radical (unpaired) electrons. The van der Waals surface area contributed by atoms with Gasteiger partial charge in [0.15, 0.2) is 0 Å². The van der Waals surface area contributed by atoms with Crippen LogP contribution in [0.3, 0.4) is 0 Å². The van der Waals surface area contributed by atoms with Crippen molar-refractivity contribution in [2.45, 2.75) is 46.6 Å². The van der Waals surface area contributed by atoms with Gasteiger partial charge in [0.2, 0.25) is 5.91 Å². The highest BCUT2D eigenvalue weighted by atomic mass is 16.2. The summed E-state index contributed by atoms with van der Waals surface area (Å²) in [5, 5.41) is 6.83. The molecule has 114 valence electrons. The van der Waals surface area contributed by atoms with Gasteiger partial charge in [0.25, 0.3) is 5.91 Å². The first kappa shape index (κ1) is 16.9. The maximum atomic E-state index is 12.0. The van der Waals surface area contributed by atoms with Gasteiger partial charge in [-0.2, -0.15) is 5.10 Å². The van der Waals surface area contributed by atoms with Crippen molar-refractivity contribution in [3.8, 4) is 0 Å². The van der Waals surface area contributed by atoms with Crippen LogP contribution >= 0.6 is 0 Å². The predicted molar refractivity (Wildman–Crippen MR) is 84.3 cm³/mol. The lowest BCUT2D eigenvalue weighted by Crippen LogP contribution is -2.33. The standard InChI is InChI=1S/C16H23N3O2/c1-5-12(3)17-15(20)10-13(4)18-19-16(21)14-9-7-6-8-11(14)2/h6-9,12H,5,10H2,1-4H3,(H,17,20)(H,19,21)/b18-13-. The number of aryl methyl sites for hydroxylation is 1. The Balaban J connectivity index is 2.54. The molecule has 0 bridgehead atoms. The molecule has 0 aliphatic rings. The summed E-state index contributed by atoms with van der Waals surface area (Å²) in [5.74, 6) is -0.356. The fourth-order valence-electron chi connectivity index (χ4n) is 1.73. The van der Waals surface area contributed by atoms with E-state index in [1.807, 2.05) is 32.9 Å². The molecule has 0 heterocycles. The first-order valence-corrected chi connectivity index (χ1v) is 7.12. The first-order chi connectivity index (χ1) is 9.93. The topological polar surface area (TPSA) is 70.6 Å². The van der Waals surface area contributed by atoms with Crippen molar-refractivity contribution in [1.82, 2.24) is 10.7 Å². The number of rotatable bonds is 6. The minimum atomic E-state index is -0.269. The Hall–Kier alpha value is -2.17. The fraction of sp³-hybridized carbons (Fsp3) is 0.438. The summed E-state index contributed by atoms with van der Waals surface area (Å²) in [6.45, 7) is 7.54. The monoisotopic (exact) mass is 289 g/mol. The van der Waals surface area contributed by atoms with Gasteiger partial charge in [-0.05, 0) is 38.8 Å². The molecule has 0 aromatic heterocycles. The van der Waals surface area contributed by atoms with Crippen molar-refractivity contribution < 1.29 is 9.59 Å². The van der Waals surface area contributed by atoms with Gasteiger partial charge in [-0.1, -0.05) is 25.1 Å². The quantitative estimate of drug-likeness (QED) is 0.623. The minimum Gasteiger partial charge on any atom is -0.353 e. The molecule has 5 nitrogen and oxygen atoms in total. The summed E-state index contributed by atoms with van der Waals surface area (Å²) in [7, 11) is 0. The van der Waals surface area contributed by atoms with Crippen LogP contribution in [0.5, 0.6) is 0 Å². The second kappa shape index (κ2) is 8.19. The summed E-state index contributed by atoms with van der Waals surface area (Å²) in [4.78, 5) is 23.6. The summed E-state index contributed by atoms with van der Waals surface area (Å²) in [6, 6.07) is 7.43. The summed E-state index contributed by atoms with van der Waals surface area (Å²) < 4.78 is 0. The Labute approximate surface area is 125 Å². The second-order valence-electron chi connectivity index (χ2n) is 5.16. The van der Waals surface area contributed by atoms with Crippen molar-refractivity contribution in [3.05, 3.63) is 35.4 Å². The summed E-state index contributed by atoms with van der Waals surface area (Å²) in [5.41, 5.74) is 4.52. The molecule has 0 saturated heterocycles. The molecule has 2 N–H and O–H groups in total. The van der Waals surface area contributed by atoms with Crippen molar-refractivity contribution in [1.29, 1.82) is 0 Å². The van der Waals surface area contributed by atoms with E-state index >= 15 is 0 Å². The molecule has 0 aliphatic heterocycles. The number of hydrogen-bond acceptors (Lipinski definition) is 3. The van der Waals surface area contributed by atoms with E-state index in [2.05, 4.69) is 15.8 Å². The molecule has 1 atom stereocenters. The van der Waals surface area contributed by atoms with Gasteiger partial charge < -0.3 is 5.32 Å². The van der Waals surface area contributed by atoms with Crippen molar-refractivity contribution in [2.75, 3.05) is 0 Å². The number of benzene rings is 1. The van der Waals surface area contributed by atoms with Gasteiger partial charge in [-0.3, -0.25) is 9.59 Å². The van der Waals surface area contributed by atoms with E-state index in [-0.39, 0.29) is 24.3 Å². The second-order valence-corrected chi connectivity index (χ2v) is 5.16. The highest BCUT2D eigenvalue weighted by molar-refractivity contribution is 6.01. The van der Waals surface area contributed by atoms with Crippen LogP contribution in [-0.2, 0) is 4.79 Å². The molecular formula is C16H23N3O2. The van der Waals surface area contributed by atoms with Gasteiger partial charge in [0, 0.05) is 17.3 Å². The smallest absolute Gasteiger partial charge is 0.271 e. The number of amides is 2. The molecule has 2 amide bonds. The molecule has 0 spiro atoms. The average Bonchev–Trinajstić information content (AvgIpc) is 2.44. The Morgan fingerprint density at radius 2 is 1.95 bits per heavy atom. The van der Waals surface area contributed by atoms with Crippen LogP contribution in [0.2, 0.25) is 0 Å². The zero-order valence-electron chi connectivity index (χ0n) is 13.1. The largest absolute Gasteiger partial charge is 0.353 e. The van der Waals surface area contributed by atoms with E-state index in [4.69, 9.17) is 0 Å². The number of nitrogens with zero attached hydrogens (tertiary/aromatic N) is 1. The molecule has 21 heavy (non-hydrogen) atoms. The lowest BCUT2D eigenvalue weighted by Gasteiger charge is -2.11. The van der Waals surface area contributed by atoms with Gasteiger partial charge in [-0.15, -0.1) is 0 Å². The number of hydrogen-bond donors (Lipinski definition) is 2. The molecule has 1 rings (SSSR count). The Morgan fingerprint density at radius 3 is 2.57 bits per heavy atom. The van der Waals surface area contributed by atoms with Crippen LogP contribution < -0.4 is 10.7 Å². The maximum Gasteiger partial charge on any atom is 0.271 e. The third-order valence-corrected chi connectivity index (χ3v) is 3.17. The van der Waals surface area contributed by atoms with Crippen LogP contribution in [0.1, 0.15) is 49.5 Å². The molecule has 5 heteroatoms. The van der Waals surface area contributed by atoms with Crippen LogP contribution in [-0.4, -0.2) is 23.6 Å². The van der Waals surface area contributed by atoms with Crippen molar-refractivity contribution >= 4 is 17.5 Å². The highest BCUT2D eigenvalue weighted by Crippen LogP contribution is 2.06. The zero-order valence-corrected chi connectivity index (χ0v) is 13.1. The first-order valence-electron chi connectivity index (χ1n) is 7.12. The van der Waals surface area contributed by atoms with Crippen LogP contribution in [0.15, 0.2) is 29.4 Å². The van der Waals surface area contributed by atoms with E-state index in [1.54, 1.807) is 19.1 Å². The molecule has 1 unspecified atom stereocenters. The van der Waals surface area contributed by atoms with E-state index in [0.29, 0.717) is 11.3 Å². The van der Waals surface area contributed by atoms with Crippen LogP contribution in [0.25, 0.3) is 0 Å². The van der Waals surface area contributed by atoms with Gasteiger partial charge in [0.05, 0.1) is 6.42 Å². The van der Waals surface area contributed by atoms with E-state index in [1.165, 1.54) is 0 Å².